The monoisotopic (exact) mass is 558 g/mol. The number of aromatic nitrogens is 2. The summed E-state index contributed by atoms with van der Waals surface area (Å²) < 4.78 is 35.1. The first kappa shape index (κ1) is 27.0. The van der Waals surface area contributed by atoms with Crippen molar-refractivity contribution in [2.75, 3.05) is 31.3 Å². The smallest absolute Gasteiger partial charge is 0.243 e. The van der Waals surface area contributed by atoms with E-state index in [0.717, 1.165) is 5.69 Å². The molecular weight excluding hydrogens is 532 g/mol. The number of imidazole rings is 1. The number of methoxy groups -OCH3 is 1. The van der Waals surface area contributed by atoms with Crippen LogP contribution in [0.3, 0.4) is 0 Å². The Labute approximate surface area is 225 Å². The highest BCUT2D eigenvalue weighted by Gasteiger charge is 2.24. The molecular formula is C26H27ClN4O4S2. The van der Waals surface area contributed by atoms with Gasteiger partial charge in [0, 0.05) is 23.8 Å². The van der Waals surface area contributed by atoms with E-state index < -0.39 is 10.0 Å². The molecule has 8 nitrogen and oxygen atoms in total. The van der Waals surface area contributed by atoms with Crippen molar-refractivity contribution >= 4 is 56.0 Å². The molecule has 0 aliphatic rings. The molecule has 0 saturated carbocycles. The molecule has 3 aromatic carbocycles. The Morgan fingerprint density at radius 1 is 1.08 bits per heavy atom. The Bertz CT molecular complexity index is 1520. The molecule has 1 aromatic heterocycles. The standard InChI is InChI=1S/C26H27ClN4O4S2/c1-4-30(5-2)37(33,34)20-14-15-22-21(16-20)29-26(31(22)23-8-6-7-9-24(23)35-3)36-17-25(32)28-19-12-10-18(27)11-13-19/h6-16H,4-5,17H2,1-3H3,(H,28,32). The number of sulfonamides is 1. The molecule has 0 atom stereocenters. The molecule has 0 radical (unpaired) electrons. The van der Waals surface area contributed by atoms with Crippen molar-refractivity contribution in [3.05, 3.63) is 71.8 Å². The van der Waals surface area contributed by atoms with Gasteiger partial charge < -0.3 is 10.1 Å². The van der Waals surface area contributed by atoms with Crippen LogP contribution in [0.2, 0.25) is 5.02 Å². The van der Waals surface area contributed by atoms with Crippen LogP contribution >= 0.6 is 23.4 Å². The van der Waals surface area contributed by atoms with Crippen LogP contribution in [-0.2, 0) is 14.8 Å². The number of hydrogen-bond donors (Lipinski definition) is 1. The van der Waals surface area contributed by atoms with E-state index >= 15 is 0 Å². The topological polar surface area (TPSA) is 93.5 Å². The van der Waals surface area contributed by atoms with E-state index in [1.807, 2.05) is 28.8 Å². The van der Waals surface area contributed by atoms with Crippen LogP contribution < -0.4 is 10.1 Å². The number of hydrogen-bond acceptors (Lipinski definition) is 6. The number of ether oxygens (including phenoxy) is 1. The first-order valence-electron chi connectivity index (χ1n) is 11.6. The van der Waals surface area contributed by atoms with Crippen LogP contribution in [-0.4, -0.2) is 54.1 Å². The molecule has 4 aromatic rings. The summed E-state index contributed by atoms with van der Waals surface area (Å²) in [7, 11) is -2.08. The fraction of sp³-hybridized carbons (Fsp3) is 0.231. The number of nitrogens with one attached hydrogen (secondary N) is 1. The first-order chi connectivity index (χ1) is 17.8. The number of para-hydroxylation sites is 2. The van der Waals surface area contributed by atoms with Gasteiger partial charge in [0.05, 0.1) is 34.5 Å². The predicted molar refractivity (Wildman–Crippen MR) is 149 cm³/mol. The van der Waals surface area contributed by atoms with Crippen LogP contribution in [0.4, 0.5) is 5.69 Å². The fourth-order valence-corrected chi connectivity index (χ4v) is 6.34. The lowest BCUT2D eigenvalue weighted by atomic mass is 10.2. The number of rotatable bonds is 10. The highest BCUT2D eigenvalue weighted by molar-refractivity contribution is 7.99. The van der Waals surface area contributed by atoms with Crippen molar-refractivity contribution in [3.63, 3.8) is 0 Å². The zero-order valence-electron chi connectivity index (χ0n) is 20.6. The average molecular weight is 559 g/mol. The van der Waals surface area contributed by atoms with Crippen molar-refractivity contribution in [3.8, 4) is 11.4 Å². The number of halogens is 1. The number of carbonyl (C=O) groups excluding carboxylic acids is 1. The number of fused-ring (bicyclic) bond motifs is 1. The molecule has 1 amide bonds. The molecule has 1 N–H and O–H groups in total. The van der Waals surface area contributed by atoms with Crippen molar-refractivity contribution in [2.45, 2.75) is 23.9 Å². The minimum absolute atomic E-state index is 0.0890. The lowest BCUT2D eigenvalue weighted by Gasteiger charge is -2.18. The summed E-state index contributed by atoms with van der Waals surface area (Å²) in [6.45, 7) is 4.35. The maximum absolute atomic E-state index is 13.1. The third kappa shape index (κ3) is 5.77. The van der Waals surface area contributed by atoms with Gasteiger partial charge in [-0.3, -0.25) is 9.36 Å². The van der Waals surface area contributed by atoms with E-state index in [0.29, 0.717) is 45.7 Å². The maximum atomic E-state index is 13.1. The zero-order chi connectivity index (χ0) is 26.6. The molecule has 0 spiro atoms. The second-order valence-electron chi connectivity index (χ2n) is 7.99. The lowest BCUT2D eigenvalue weighted by molar-refractivity contribution is -0.113. The number of benzene rings is 3. The van der Waals surface area contributed by atoms with Crippen LogP contribution in [0.25, 0.3) is 16.7 Å². The average Bonchev–Trinajstić information content (AvgIpc) is 3.26. The summed E-state index contributed by atoms with van der Waals surface area (Å²) in [6, 6.07) is 19.2. The van der Waals surface area contributed by atoms with E-state index in [2.05, 4.69) is 5.32 Å². The fourth-order valence-electron chi connectivity index (χ4n) is 3.92. The van der Waals surface area contributed by atoms with Gasteiger partial charge in [0.2, 0.25) is 15.9 Å². The minimum atomic E-state index is -3.66. The van der Waals surface area contributed by atoms with E-state index in [9.17, 15) is 13.2 Å². The molecule has 37 heavy (non-hydrogen) atoms. The molecule has 0 aliphatic carbocycles. The van der Waals surface area contributed by atoms with Gasteiger partial charge in [0.15, 0.2) is 5.16 Å². The molecule has 4 rings (SSSR count). The van der Waals surface area contributed by atoms with Crippen LogP contribution in [0.15, 0.2) is 76.8 Å². The van der Waals surface area contributed by atoms with Gasteiger partial charge in [-0.05, 0) is 54.6 Å². The van der Waals surface area contributed by atoms with E-state index in [1.54, 1.807) is 63.4 Å². The normalized spacial score (nSPS) is 11.7. The molecule has 194 valence electrons. The molecule has 0 saturated heterocycles. The first-order valence-corrected chi connectivity index (χ1v) is 14.4. The summed E-state index contributed by atoms with van der Waals surface area (Å²) in [6.07, 6.45) is 0. The Morgan fingerprint density at radius 2 is 1.78 bits per heavy atom. The molecule has 11 heteroatoms. The summed E-state index contributed by atoms with van der Waals surface area (Å²) in [4.78, 5) is 17.6. The largest absolute Gasteiger partial charge is 0.495 e. The predicted octanol–water partition coefficient (Wildman–Crippen LogP) is 5.45. The van der Waals surface area contributed by atoms with Gasteiger partial charge in [-0.25, -0.2) is 13.4 Å². The van der Waals surface area contributed by atoms with Gasteiger partial charge in [-0.2, -0.15) is 4.31 Å². The molecule has 1 heterocycles. The zero-order valence-corrected chi connectivity index (χ0v) is 23.0. The Balaban J connectivity index is 1.73. The molecule has 0 aliphatic heterocycles. The summed E-state index contributed by atoms with van der Waals surface area (Å²) >= 11 is 7.17. The molecule has 0 unspecified atom stereocenters. The summed E-state index contributed by atoms with van der Waals surface area (Å²) in [5.74, 6) is 0.496. The quantitative estimate of drug-likeness (QED) is 0.260. The number of carbonyl (C=O) groups is 1. The van der Waals surface area contributed by atoms with Crippen molar-refractivity contribution in [1.82, 2.24) is 13.9 Å². The number of thioether (sulfide) groups is 1. The number of anilines is 1. The summed E-state index contributed by atoms with van der Waals surface area (Å²) in [5.41, 5.74) is 2.57. The second-order valence-corrected chi connectivity index (χ2v) is 11.3. The van der Waals surface area contributed by atoms with Gasteiger partial charge in [0.1, 0.15) is 5.75 Å². The van der Waals surface area contributed by atoms with Gasteiger partial charge in [-0.15, -0.1) is 0 Å². The highest BCUT2D eigenvalue weighted by Crippen LogP contribution is 2.34. The molecule has 0 fully saturated rings. The number of nitrogens with zero attached hydrogens (tertiary/aromatic N) is 3. The van der Waals surface area contributed by atoms with Crippen molar-refractivity contribution in [2.24, 2.45) is 0 Å². The Hall–Kier alpha value is -3.05. The van der Waals surface area contributed by atoms with Crippen LogP contribution in [0.5, 0.6) is 5.75 Å². The van der Waals surface area contributed by atoms with Crippen LogP contribution in [0.1, 0.15) is 13.8 Å². The van der Waals surface area contributed by atoms with E-state index in [1.165, 1.54) is 16.1 Å². The van der Waals surface area contributed by atoms with Crippen molar-refractivity contribution in [1.29, 1.82) is 0 Å². The maximum Gasteiger partial charge on any atom is 0.243 e. The van der Waals surface area contributed by atoms with Crippen molar-refractivity contribution < 1.29 is 17.9 Å². The number of amides is 1. The van der Waals surface area contributed by atoms with E-state index in [-0.39, 0.29) is 16.6 Å². The van der Waals surface area contributed by atoms with E-state index in [4.69, 9.17) is 21.3 Å². The molecule has 0 bridgehead atoms. The Kier molecular flexibility index (Phi) is 8.43. The highest BCUT2D eigenvalue weighted by atomic mass is 35.5. The van der Waals surface area contributed by atoms with Crippen LogP contribution in [0, 0.1) is 0 Å². The minimum Gasteiger partial charge on any atom is -0.495 e. The Morgan fingerprint density at radius 3 is 2.46 bits per heavy atom. The van der Waals surface area contributed by atoms with Gasteiger partial charge in [-0.1, -0.05) is 49.3 Å². The second kappa shape index (κ2) is 11.6. The summed E-state index contributed by atoms with van der Waals surface area (Å²) in [5, 5.41) is 3.96. The lowest BCUT2D eigenvalue weighted by Crippen LogP contribution is -2.30. The third-order valence-corrected chi connectivity index (χ3v) is 8.96. The van der Waals surface area contributed by atoms with Gasteiger partial charge in [0.25, 0.3) is 0 Å². The third-order valence-electron chi connectivity index (χ3n) is 5.72. The van der Waals surface area contributed by atoms with Gasteiger partial charge >= 0.3 is 0 Å². The SMILES string of the molecule is CCN(CC)S(=O)(=O)c1ccc2c(c1)nc(SCC(=O)Nc1ccc(Cl)cc1)n2-c1ccccc1OC.